The molecule has 0 saturated carbocycles. The van der Waals surface area contributed by atoms with Gasteiger partial charge in [-0.3, -0.25) is 0 Å². The van der Waals surface area contributed by atoms with Crippen LogP contribution in [0.2, 0.25) is 0 Å². The van der Waals surface area contributed by atoms with Gasteiger partial charge in [-0.25, -0.2) is 0 Å². The number of para-hydroxylation sites is 1. The van der Waals surface area contributed by atoms with E-state index in [1.54, 1.807) is 0 Å². The van der Waals surface area contributed by atoms with Crippen LogP contribution in [0.4, 0.5) is 0 Å². The van der Waals surface area contributed by atoms with Gasteiger partial charge in [0.15, 0.2) is 0 Å². The van der Waals surface area contributed by atoms with Crippen molar-refractivity contribution in [1.29, 1.82) is 0 Å². The lowest BCUT2D eigenvalue weighted by atomic mass is 10.0. The van der Waals surface area contributed by atoms with E-state index in [0.717, 1.165) is 17.9 Å². The second-order valence-corrected chi connectivity index (χ2v) is 4.56. The van der Waals surface area contributed by atoms with Crippen molar-refractivity contribution in [2.45, 2.75) is 26.8 Å². The minimum atomic E-state index is 0.167. The van der Waals surface area contributed by atoms with E-state index in [9.17, 15) is 0 Å². The smallest absolute Gasteiger partial charge is 0.124 e. The SMILES string of the molecule is CCOc1ccccc1C(CN)NCC(C)C. The summed E-state index contributed by atoms with van der Waals surface area (Å²) in [7, 11) is 0. The Morgan fingerprint density at radius 1 is 1.29 bits per heavy atom. The molecule has 1 atom stereocenters. The van der Waals surface area contributed by atoms with Crippen LogP contribution in [0.3, 0.4) is 0 Å². The molecule has 0 fully saturated rings. The average molecular weight is 236 g/mol. The highest BCUT2D eigenvalue weighted by Gasteiger charge is 2.14. The Morgan fingerprint density at radius 2 is 2.00 bits per heavy atom. The summed E-state index contributed by atoms with van der Waals surface area (Å²) in [5, 5.41) is 3.48. The van der Waals surface area contributed by atoms with Gasteiger partial charge in [-0.05, 0) is 25.5 Å². The number of ether oxygens (including phenoxy) is 1. The lowest BCUT2D eigenvalue weighted by Gasteiger charge is -2.21. The van der Waals surface area contributed by atoms with Gasteiger partial charge in [0, 0.05) is 18.2 Å². The molecular formula is C14H24N2O. The Labute approximate surface area is 104 Å². The maximum Gasteiger partial charge on any atom is 0.124 e. The maximum absolute atomic E-state index is 5.84. The highest BCUT2D eigenvalue weighted by atomic mass is 16.5. The molecule has 3 nitrogen and oxygen atoms in total. The molecule has 0 heterocycles. The highest BCUT2D eigenvalue weighted by molar-refractivity contribution is 5.36. The van der Waals surface area contributed by atoms with Crippen LogP contribution in [0.15, 0.2) is 24.3 Å². The van der Waals surface area contributed by atoms with E-state index in [0.29, 0.717) is 19.1 Å². The number of hydrogen-bond donors (Lipinski definition) is 2. The van der Waals surface area contributed by atoms with E-state index in [1.165, 1.54) is 0 Å². The first kappa shape index (κ1) is 14.0. The molecule has 3 N–H and O–H groups in total. The van der Waals surface area contributed by atoms with Crippen molar-refractivity contribution in [2.24, 2.45) is 11.7 Å². The van der Waals surface area contributed by atoms with Crippen LogP contribution in [-0.4, -0.2) is 19.7 Å². The van der Waals surface area contributed by atoms with Crippen molar-refractivity contribution in [3.63, 3.8) is 0 Å². The van der Waals surface area contributed by atoms with Crippen LogP contribution in [-0.2, 0) is 0 Å². The minimum absolute atomic E-state index is 0.167. The molecule has 0 saturated heterocycles. The molecule has 0 amide bonds. The fourth-order valence-corrected chi connectivity index (χ4v) is 1.75. The van der Waals surface area contributed by atoms with E-state index in [1.807, 2.05) is 25.1 Å². The maximum atomic E-state index is 5.84. The van der Waals surface area contributed by atoms with Crippen molar-refractivity contribution < 1.29 is 4.74 Å². The first-order chi connectivity index (χ1) is 8.19. The summed E-state index contributed by atoms with van der Waals surface area (Å²) in [4.78, 5) is 0. The Balaban J connectivity index is 2.79. The molecule has 17 heavy (non-hydrogen) atoms. The van der Waals surface area contributed by atoms with Gasteiger partial charge < -0.3 is 15.8 Å². The number of hydrogen-bond acceptors (Lipinski definition) is 3. The van der Waals surface area contributed by atoms with Gasteiger partial charge in [-0.1, -0.05) is 32.0 Å². The molecule has 1 aromatic carbocycles. The summed E-state index contributed by atoms with van der Waals surface area (Å²) >= 11 is 0. The van der Waals surface area contributed by atoms with Crippen molar-refractivity contribution in [3.05, 3.63) is 29.8 Å². The third-order valence-electron chi connectivity index (χ3n) is 2.60. The molecule has 0 radical (unpaired) electrons. The average Bonchev–Trinajstić information content (AvgIpc) is 2.32. The number of benzene rings is 1. The number of nitrogens with two attached hydrogens (primary N) is 1. The van der Waals surface area contributed by atoms with Gasteiger partial charge >= 0.3 is 0 Å². The monoisotopic (exact) mass is 236 g/mol. The van der Waals surface area contributed by atoms with Crippen molar-refractivity contribution in [2.75, 3.05) is 19.7 Å². The summed E-state index contributed by atoms with van der Waals surface area (Å²) in [6.07, 6.45) is 0. The number of nitrogens with one attached hydrogen (secondary N) is 1. The van der Waals surface area contributed by atoms with E-state index in [-0.39, 0.29) is 6.04 Å². The molecule has 0 bridgehead atoms. The van der Waals surface area contributed by atoms with Crippen LogP contribution < -0.4 is 15.8 Å². The van der Waals surface area contributed by atoms with E-state index >= 15 is 0 Å². The second kappa shape index (κ2) is 7.30. The zero-order valence-electron chi connectivity index (χ0n) is 11.1. The summed E-state index contributed by atoms with van der Waals surface area (Å²) in [6, 6.07) is 8.26. The molecule has 1 rings (SSSR count). The van der Waals surface area contributed by atoms with Crippen LogP contribution >= 0.6 is 0 Å². The fourth-order valence-electron chi connectivity index (χ4n) is 1.75. The zero-order chi connectivity index (χ0) is 12.7. The molecule has 0 aliphatic rings. The van der Waals surface area contributed by atoms with Crippen molar-refractivity contribution in [1.82, 2.24) is 5.32 Å². The van der Waals surface area contributed by atoms with Gasteiger partial charge in [-0.2, -0.15) is 0 Å². The van der Waals surface area contributed by atoms with Gasteiger partial charge in [0.2, 0.25) is 0 Å². The Bertz CT molecular complexity index is 326. The topological polar surface area (TPSA) is 47.3 Å². The van der Waals surface area contributed by atoms with Gasteiger partial charge in [0.05, 0.1) is 6.61 Å². The van der Waals surface area contributed by atoms with Crippen LogP contribution in [0, 0.1) is 5.92 Å². The summed E-state index contributed by atoms with van der Waals surface area (Å²) in [5.74, 6) is 1.55. The third kappa shape index (κ3) is 4.36. The highest BCUT2D eigenvalue weighted by Crippen LogP contribution is 2.24. The van der Waals surface area contributed by atoms with E-state index in [4.69, 9.17) is 10.5 Å². The van der Waals surface area contributed by atoms with Crippen LogP contribution in [0.25, 0.3) is 0 Å². The molecule has 0 aromatic heterocycles. The Kier molecular flexibility index (Phi) is 6.01. The molecule has 1 aromatic rings. The molecule has 1 unspecified atom stereocenters. The number of rotatable bonds is 7. The van der Waals surface area contributed by atoms with Gasteiger partial charge in [-0.15, -0.1) is 0 Å². The lowest BCUT2D eigenvalue weighted by molar-refractivity contribution is 0.330. The normalized spacial score (nSPS) is 12.8. The van der Waals surface area contributed by atoms with E-state index < -0.39 is 0 Å². The Hall–Kier alpha value is -1.06. The largest absolute Gasteiger partial charge is 0.494 e. The van der Waals surface area contributed by atoms with Crippen LogP contribution in [0.1, 0.15) is 32.4 Å². The first-order valence-corrected chi connectivity index (χ1v) is 6.34. The van der Waals surface area contributed by atoms with Crippen LogP contribution in [0.5, 0.6) is 5.75 Å². The molecule has 0 spiro atoms. The first-order valence-electron chi connectivity index (χ1n) is 6.34. The summed E-state index contributed by atoms with van der Waals surface area (Å²) < 4.78 is 5.63. The van der Waals surface area contributed by atoms with Crippen molar-refractivity contribution >= 4 is 0 Å². The third-order valence-corrected chi connectivity index (χ3v) is 2.60. The zero-order valence-corrected chi connectivity index (χ0v) is 11.1. The predicted octanol–water partition coefficient (Wildman–Crippen LogP) is 2.33. The molecule has 0 aliphatic carbocycles. The summed E-state index contributed by atoms with van der Waals surface area (Å²) in [5.41, 5.74) is 6.99. The molecular weight excluding hydrogens is 212 g/mol. The predicted molar refractivity (Wildman–Crippen MR) is 72.2 cm³/mol. The molecule has 0 aliphatic heterocycles. The van der Waals surface area contributed by atoms with E-state index in [2.05, 4.69) is 25.2 Å². The molecule has 3 heteroatoms. The minimum Gasteiger partial charge on any atom is -0.494 e. The lowest BCUT2D eigenvalue weighted by Crippen LogP contribution is -2.31. The quantitative estimate of drug-likeness (QED) is 0.764. The fraction of sp³-hybridized carbons (Fsp3) is 0.571. The Morgan fingerprint density at radius 3 is 2.59 bits per heavy atom. The summed E-state index contributed by atoms with van der Waals surface area (Å²) in [6.45, 7) is 8.59. The molecule has 96 valence electrons. The standard InChI is InChI=1S/C14H24N2O/c1-4-17-14-8-6-5-7-12(14)13(9-15)16-10-11(2)3/h5-8,11,13,16H,4,9-10,15H2,1-3H3. The van der Waals surface area contributed by atoms with Crippen molar-refractivity contribution in [3.8, 4) is 5.75 Å². The second-order valence-electron chi connectivity index (χ2n) is 4.56. The van der Waals surface area contributed by atoms with Gasteiger partial charge in [0.25, 0.3) is 0 Å². The van der Waals surface area contributed by atoms with Gasteiger partial charge in [0.1, 0.15) is 5.75 Å².